The third-order valence-corrected chi connectivity index (χ3v) is 3.18. The van der Waals surface area contributed by atoms with Crippen LogP contribution in [0.25, 0.3) is 0 Å². The summed E-state index contributed by atoms with van der Waals surface area (Å²) in [6.07, 6.45) is 2.09. The standard InChI is InChI=1S/C12H21N3O4/c1-2-5-14(8-10(16)17)12(19)15-6-3-4-9(7-15)11(13)18/h9H,2-8H2,1H3,(H2,13,18)(H,16,17). The Kier molecular flexibility index (Phi) is 5.59. The van der Waals surface area contributed by atoms with Gasteiger partial charge in [-0.1, -0.05) is 6.92 Å². The number of carbonyl (C=O) groups excluding carboxylic acids is 2. The number of piperidine rings is 1. The number of rotatable bonds is 5. The van der Waals surface area contributed by atoms with Gasteiger partial charge in [-0.2, -0.15) is 0 Å². The van der Waals surface area contributed by atoms with Gasteiger partial charge in [0.1, 0.15) is 6.54 Å². The number of carboxylic acid groups (broad SMARTS) is 1. The summed E-state index contributed by atoms with van der Waals surface area (Å²) in [4.78, 5) is 37.0. The summed E-state index contributed by atoms with van der Waals surface area (Å²) in [5.74, 6) is -1.77. The van der Waals surface area contributed by atoms with Gasteiger partial charge in [0, 0.05) is 19.6 Å². The number of hydrogen-bond donors (Lipinski definition) is 2. The van der Waals surface area contributed by atoms with Crippen molar-refractivity contribution in [3.05, 3.63) is 0 Å². The molecule has 7 heteroatoms. The zero-order valence-corrected chi connectivity index (χ0v) is 11.2. The number of likely N-dealkylation sites (tertiary alicyclic amines) is 1. The van der Waals surface area contributed by atoms with Gasteiger partial charge in [-0.15, -0.1) is 0 Å². The van der Waals surface area contributed by atoms with Crippen LogP contribution in [-0.4, -0.2) is 59.0 Å². The zero-order chi connectivity index (χ0) is 14.4. The van der Waals surface area contributed by atoms with E-state index in [0.717, 1.165) is 0 Å². The predicted molar refractivity (Wildman–Crippen MR) is 68.4 cm³/mol. The number of primary amides is 1. The molecule has 0 bridgehead atoms. The number of hydrogen-bond acceptors (Lipinski definition) is 3. The van der Waals surface area contributed by atoms with Crippen molar-refractivity contribution in [3.8, 4) is 0 Å². The molecule has 3 amide bonds. The highest BCUT2D eigenvalue weighted by Crippen LogP contribution is 2.17. The molecule has 0 radical (unpaired) electrons. The Morgan fingerprint density at radius 3 is 2.63 bits per heavy atom. The fourth-order valence-electron chi connectivity index (χ4n) is 2.26. The van der Waals surface area contributed by atoms with Crippen LogP contribution in [0.1, 0.15) is 26.2 Å². The first kappa shape index (κ1) is 15.3. The lowest BCUT2D eigenvalue weighted by atomic mass is 9.98. The number of nitrogens with two attached hydrogens (primary N) is 1. The van der Waals surface area contributed by atoms with E-state index in [1.807, 2.05) is 6.92 Å². The largest absolute Gasteiger partial charge is 0.480 e. The number of nitrogens with zero attached hydrogens (tertiary/aromatic N) is 2. The minimum absolute atomic E-state index is 0.286. The lowest BCUT2D eigenvalue weighted by Gasteiger charge is -2.34. The summed E-state index contributed by atoms with van der Waals surface area (Å²) < 4.78 is 0. The highest BCUT2D eigenvalue weighted by molar-refractivity contribution is 5.82. The molecule has 1 heterocycles. The average Bonchev–Trinajstić information content (AvgIpc) is 2.37. The van der Waals surface area contributed by atoms with Crippen molar-refractivity contribution in [1.29, 1.82) is 0 Å². The Hall–Kier alpha value is -1.79. The topological polar surface area (TPSA) is 104 Å². The van der Waals surface area contributed by atoms with Gasteiger partial charge in [-0.25, -0.2) is 4.79 Å². The van der Waals surface area contributed by atoms with Gasteiger partial charge in [0.05, 0.1) is 5.92 Å². The van der Waals surface area contributed by atoms with Gasteiger partial charge < -0.3 is 20.6 Å². The first-order chi connectivity index (χ1) is 8.95. The highest BCUT2D eigenvalue weighted by Gasteiger charge is 2.29. The number of carboxylic acids is 1. The SMILES string of the molecule is CCCN(CC(=O)O)C(=O)N1CCCC(C(N)=O)C1. The fraction of sp³-hybridized carbons (Fsp3) is 0.750. The number of carbonyl (C=O) groups is 3. The Bertz CT molecular complexity index is 359. The highest BCUT2D eigenvalue weighted by atomic mass is 16.4. The van der Waals surface area contributed by atoms with Gasteiger partial charge in [-0.05, 0) is 19.3 Å². The fourth-order valence-corrected chi connectivity index (χ4v) is 2.26. The lowest BCUT2D eigenvalue weighted by molar-refractivity contribution is -0.138. The van der Waals surface area contributed by atoms with Crippen molar-refractivity contribution >= 4 is 17.9 Å². The Balaban J connectivity index is 2.67. The van der Waals surface area contributed by atoms with Crippen molar-refractivity contribution in [2.45, 2.75) is 26.2 Å². The summed E-state index contributed by atoms with van der Waals surface area (Å²) >= 11 is 0. The third kappa shape index (κ3) is 4.42. The predicted octanol–water partition coefficient (Wildman–Crippen LogP) is 0.100. The maximum atomic E-state index is 12.2. The van der Waals surface area contributed by atoms with E-state index >= 15 is 0 Å². The van der Waals surface area contributed by atoms with Crippen LogP contribution in [0.15, 0.2) is 0 Å². The van der Waals surface area contributed by atoms with E-state index in [0.29, 0.717) is 32.4 Å². The Morgan fingerprint density at radius 1 is 1.42 bits per heavy atom. The zero-order valence-electron chi connectivity index (χ0n) is 11.2. The third-order valence-electron chi connectivity index (χ3n) is 3.18. The van der Waals surface area contributed by atoms with E-state index in [-0.39, 0.29) is 25.0 Å². The van der Waals surface area contributed by atoms with Crippen molar-refractivity contribution in [2.75, 3.05) is 26.2 Å². The van der Waals surface area contributed by atoms with Crippen LogP contribution in [0.5, 0.6) is 0 Å². The van der Waals surface area contributed by atoms with Crippen LogP contribution in [0, 0.1) is 5.92 Å². The van der Waals surface area contributed by atoms with Gasteiger partial charge in [0.25, 0.3) is 0 Å². The van der Waals surface area contributed by atoms with Crippen LogP contribution in [0.3, 0.4) is 0 Å². The van der Waals surface area contributed by atoms with E-state index in [1.165, 1.54) is 9.80 Å². The van der Waals surface area contributed by atoms with E-state index in [4.69, 9.17) is 10.8 Å². The molecule has 19 heavy (non-hydrogen) atoms. The van der Waals surface area contributed by atoms with E-state index in [2.05, 4.69) is 0 Å². The molecular weight excluding hydrogens is 250 g/mol. The smallest absolute Gasteiger partial charge is 0.323 e. The molecule has 0 aliphatic carbocycles. The van der Waals surface area contributed by atoms with Crippen LogP contribution in [0.4, 0.5) is 4.79 Å². The maximum Gasteiger partial charge on any atom is 0.323 e. The second-order valence-electron chi connectivity index (χ2n) is 4.79. The summed E-state index contributed by atoms with van der Waals surface area (Å²) in [5, 5.41) is 8.81. The number of urea groups is 1. The lowest BCUT2D eigenvalue weighted by Crippen LogP contribution is -2.50. The molecule has 0 spiro atoms. The summed E-state index contributed by atoms with van der Waals surface area (Å²) in [6.45, 7) is 2.79. The molecule has 0 aromatic carbocycles. The molecule has 1 aliphatic heterocycles. The van der Waals surface area contributed by atoms with E-state index < -0.39 is 11.9 Å². The van der Waals surface area contributed by atoms with Gasteiger partial charge in [0.2, 0.25) is 5.91 Å². The van der Waals surface area contributed by atoms with Crippen molar-refractivity contribution in [2.24, 2.45) is 11.7 Å². The summed E-state index contributed by atoms with van der Waals surface area (Å²) in [6, 6.07) is -0.324. The number of aliphatic carboxylic acids is 1. The molecule has 0 saturated carbocycles. The number of amides is 3. The molecule has 1 unspecified atom stereocenters. The second-order valence-corrected chi connectivity index (χ2v) is 4.79. The molecule has 108 valence electrons. The quantitative estimate of drug-likeness (QED) is 0.740. The molecule has 1 atom stereocenters. The van der Waals surface area contributed by atoms with Crippen LogP contribution in [0.2, 0.25) is 0 Å². The first-order valence-corrected chi connectivity index (χ1v) is 6.50. The average molecular weight is 271 g/mol. The molecule has 1 fully saturated rings. The second kappa shape index (κ2) is 6.96. The minimum Gasteiger partial charge on any atom is -0.480 e. The summed E-state index contributed by atoms with van der Waals surface area (Å²) in [7, 11) is 0. The van der Waals surface area contributed by atoms with E-state index in [1.54, 1.807) is 0 Å². The van der Waals surface area contributed by atoms with Crippen LogP contribution in [-0.2, 0) is 9.59 Å². The molecular formula is C12H21N3O4. The Morgan fingerprint density at radius 2 is 2.11 bits per heavy atom. The molecule has 1 aliphatic rings. The molecule has 0 aromatic rings. The van der Waals surface area contributed by atoms with Crippen molar-refractivity contribution in [3.63, 3.8) is 0 Å². The molecule has 7 nitrogen and oxygen atoms in total. The molecule has 1 saturated heterocycles. The normalized spacial score (nSPS) is 19.0. The van der Waals surface area contributed by atoms with E-state index in [9.17, 15) is 14.4 Å². The monoisotopic (exact) mass is 271 g/mol. The molecule has 3 N–H and O–H groups in total. The van der Waals surface area contributed by atoms with Crippen molar-refractivity contribution in [1.82, 2.24) is 9.80 Å². The van der Waals surface area contributed by atoms with Gasteiger partial charge in [0.15, 0.2) is 0 Å². The molecule has 0 aromatic heterocycles. The van der Waals surface area contributed by atoms with Crippen molar-refractivity contribution < 1.29 is 19.5 Å². The first-order valence-electron chi connectivity index (χ1n) is 6.50. The summed E-state index contributed by atoms with van der Waals surface area (Å²) in [5.41, 5.74) is 5.26. The maximum absolute atomic E-state index is 12.2. The van der Waals surface area contributed by atoms with Crippen LogP contribution >= 0.6 is 0 Å². The minimum atomic E-state index is -1.04. The van der Waals surface area contributed by atoms with Crippen LogP contribution < -0.4 is 5.73 Å². The van der Waals surface area contributed by atoms with Gasteiger partial charge >= 0.3 is 12.0 Å². The Labute approximate surface area is 112 Å². The van der Waals surface area contributed by atoms with Gasteiger partial charge in [-0.3, -0.25) is 9.59 Å². The molecule has 1 rings (SSSR count).